The number of nitrogens with two attached hydrogens (primary N) is 1. The number of aliphatic hydroxyl groups is 1. The van der Waals surface area contributed by atoms with E-state index in [2.05, 4.69) is 5.32 Å². The first-order chi connectivity index (χ1) is 9.43. The first kappa shape index (κ1) is 15.9. The molecule has 4 N–H and O–H groups in total. The van der Waals surface area contributed by atoms with Crippen molar-refractivity contribution >= 4 is 17.9 Å². The van der Waals surface area contributed by atoms with Crippen LogP contribution in [0.4, 0.5) is 0 Å². The van der Waals surface area contributed by atoms with E-state index < -0.39 is 5.91 Å². The van der Waals surface area contributed by atoms with Gasteiger partial charge in [0.05, 0.1) is 12.6 Å². The van der Waals surface area contributed by atoms with Crippen LogP contribution < -0.4 is 11.1 Å². The normalized spacial score (nSPS) is 12.6. The zero-order valence-corrected chi connectivity index (χ0v) is 11.7. The van der Waals surface area contributed by atoms with Gasteiger partial charge in [-0.25, -0.2) is 0 Å². The zero-order valence-electron chi connectivity index (χ0n) is 11.7. The fourth-order valence-corrected chi connectivity index (χ4v) is 1.58. The van der Waals surface area contributed by atoms with Crippen molar-refractivity contribution < 1.29 is 14.7 Å². The van der Waals surface area contributed by atoms with Crippen molar-refractivity contribution in [1.82, 2.24) is 5.32 Å². The van der Waals surface area contributed by atoms with Crippen molar-refractivity contribution in [3.63, 3.8) is 0 Å². The lowest BCUT2D eigenvalue weighted by molar-refractivity contribution is -0.117. The van der Waals surface area contributed by atoms with E-state index in [1.54, 1.807) is 30.3 Å². The van der Waals surface area contributed by atoms with E-state index in [0.717, 1.165) is 5.56 Å². The summed E-state index contributed by atoms with van der Waals surface area (Å²) in [7, 11) is 0. The van der Waals surface area contributed by atoms with Gasteiger partial charge in [-0.1, -0.05) is 26.0 Å². The van der Waals surface area contributed by atoms with E-state index in [0.29, 0.717) is 5.56 Å². The average molecular weight is 276 g/mol. The molecule has 1 aromatic rings. The van der Waals surface area contributed by atoms with Gasteiger partial charge >= 0.3 is 0 Å². The van der Waals surface area contributed by atoms with Crippen molar-refractivity contribution in [2.75, 3.05) is 6.61 Å². The Morgan fingerprint density at radius 1 is 1.30 bits per heavy atom. The lowest BCUT2D eigenvalue weighted by atomic mass is 10.1. The Labute approximate surface area is 118 Å². The number of amides is 2. The van der Waals surface area contributed by atoms with Crippen LogP contribution in [-0.2, 0) is 4.79 Å². The fourth-order valence-electron chi connectivity index (χ4n) is 1.58. The Morgan fingerprint density at radius 3 is 2.35 bits per heavy atom. The summed E-state index contributed by atoms with van der Waals surface area (Å²) in [6, 6.07) is 6.35. The van der Waals surface area contributed by atoms with E-state index in [4.69, 9.17) is 10.8 Å². The Hall–Kier alpha value is -2.14. The van der Waals surface area contributed by atoms with Gasteiger partial charge in [0, 0.05) is 11.6 Å². The predicted octanol–water partition coefficient (Wildman–Crippen LogP) is 0.932. The number of carbonyl (C=O) groups is 2. The Bertz CT molecular complexity index is 492. The van der Waals surface area contributed by atoms with Gasteiger partial charge < -0.3 is 16.2 Å². The third-order valence-corrected chi connectivity index (χ3v) is 2.95. The average Bonchev–Trinajstić information content (AvgIpc) is 2.42. The molecule has 0 aliphatic rings. The molecule has 1 rings (SSSR count). The van der Waals surface area contributed by atoms with Gasteiger partial charge in [-0.05, 0) is 29.7 Å². The van der Waals surface area contributed by atoms with Crippen LogP contribution in [0.2, 0.25) is 0 Å². The van der Waals surface area contributed by atoms with E-state index in [-0.39, 0.29) is 24.5 Å². The minimum Gasteiger partial charge on any atom is -0.394 e. The molecule has 1 aromatic carbocycles. The van der Waals surface area contributed by atoms with Gasteiger partial charge in [-0.2, -0.15) is 0 Å². The molecular weight excluding hydrogens is 256 g/mol. The molecule has 5 heteroatoms. The highest BCUT2D eigenvalue weighted by atomic mass is 16.3. The van der Waals surface area contributed by atoms with Gasteiger partial charge in [-0.15, -0.1) is 0 Å². The monoisotopic (exact) mass is 276 g/mol. The third kappa shape index (κ3) is 4.85. The summed E-state index contributed by atoms with van der Waals surface area (Å²) in [4.78, 5) is 22.6. The quantitative estimate of drug-likeness (QED) is 0.675. The van der Waals surface area contributed by atoms with Crippen molar-refractivity contribution in [2.24, 2.45) is 11.7 Å². The molecule has 0 radical (unpaired) electrons. The maximum absolute atomic E-state index is 11.7. The molecule has 0 saturated heterocycles. The molecule has 0 saturated carbocycles. The maximum atomic E-state index is 11.7. The molecule has 0 bridgehead atoms. The summed E-state index contributed by atoms with van der Waals surface area (Å²) < 4.78 is 0. The lowest BCUT2D eigenvalue weighted by Gasteiger charge is -2.18. The molecule has 20 heavy (non-hydrogen) atoms. The molecule has 0 heterocycles. The van der Waals surface area contributed by atoms with Gasteiger partial charge in [-0.3, -0.25) is 9.59 Å². The second-order valence-electron chi connectivity index (χ2n) is 4.86. The molecule has 0 aliphatic heterocycles. The highest BCUT2D eigenvalue weighted by molar-refractivity contribution is 5.94. The summed E-state index contributed by atoms with van der Waals surface area (Å²) in [5.74, 6) is -0.593. The Morgan fingerprint density at radius 2 is 1.90 bits per heavy atom. The van der Waals surface area contributed by atoms with Crippen molar-refractivity contribution in [3.8, 4) is 0 Å². The summed E-state index contributed by atoms with van der Waals surface area (Å²) in [6.07, 6.45) is 3.03. The highest BCUT2D eigenvalue weighted by Crippen LogP contribution is 2.06. The number of primary amides is 1. The molecular formula is C15H20N2O3. The standard InChI is InChI=1S/C15H20N2O3/c1-10(2)13(9-18)17-14(19)8-5-11-3-6-12(7-4-11)15(16)20/h3-8,10,13,18H,9H2,1-2H3,(H2,16,20)(H,17,19). The molecule has 0 aliphatic carbocycles. The van der Waals surface area contributed by atoms with Crippen LogP contribution in [0.5, 0.6) is 0 Å². The van der Waals surface area contributed by atoms with Crippen LogP contribution in [0.3, 0.4) is 0 Å². The minimum absolute atomic E-state index is 0.0927. The number of rotatable bonds is 6. The van der Waals surface area contributed by atoms with Crippen LogP contribution >= 0.6 is 0 Å². The third-order valence-electron chi connectivity index (χ3n) is 2.95. The molecule has 1 atom stereocenters. The van der Waals surface area contributed by atoms with Crippen LogP contribution in [0, 0.1) is 5.92 Å². The summed E-state index contributed by atoms with van der Waals surface area (Å²) in [5.41, 5.74) is 6.35. The lowest BCUT2D eigenvalue weighted by Crippen LogP contribution is -2.40. The summed E-state index contributed by atoms with van der Waals surface area (Å²) in [6.45, 7) is 3.76. The highest BCUT2D eigenvalue weighted by Gasteiger charge is 2.13. The SMILES string of the molecule is CC(C)C(CO)NC(=O)C=Cc1ccc(C(N)=O)cc1. The van der Waals surface area contributed by atoms with Gasteiger partial charge in [0.2, 0.25) is 11.8 Å². The molecule has 1 unspecified atom stereocenters. The van der Waals surface area contributed by atoms with Crippen LogP contribution in [0.1, 0.15) is 29.8 Å². The second-order valence-corrected chi connectivity index (χ2v) is 4.86. The van der Waals surface area contributed by atoms with Crippen LogP contribution in [-0.4, -0.2) is 29.6 Å². The van der Waals surface area contributed by atoms with Crippen LogP contribution in [0.25, 0.3) is 6.08 Å². The topological polar surface area (TPSA) is 92.4 Å². The largest absolute Gasteiger partial charge is 0.394 e. The first-order valence-electron chi connectivity index (χ1n) is 6.43. The predicted molar refractivity (Wildman–Crippen MR) is 77.8 cm³/mol. The Balaban J connectivity index is 2.63. The van der Waals surface area contributed by atoms with E-state index in [1.165, 1.54) is 6.08 Å². The molecule has 0 aromatic heterocycles. The van der Waals surface area contributed by atoms with Gasteiger partial charge in [0.1, 0.15) is 0 Å². The molecule has 5 nitrogen and oxygen atoms in total. The van der Waals surface area contributed by atoms with Crippen molar-refractivity contribution in [3.05, 3.63) is 41.5 Å². The van der Waals surface area contributed by atoms with Crippen molar-refractivity contribution in [1.29, 1.82) is 0 Å². The number of nitrogens with one attached hydrogen (secondary N) is 1. The molecule has 108 valence electrons. The van der Waals surface area contributed by atoms with Crippen LogP contribution in [0.15, 0.2) is 30.3 Å². The smallest absolute Gasteiger partial charge is 0.248 e. The number of aliphatic hydroxyl groups excluding tert-OH is 1. The second kappa shape index (κ2) is 7.45. The number of hydrogen-bond donors (Lipinski definition) is 3. The zero-order chi connectivity index (χ0) is 15.1. The molecule has 0 fully saturated rings. The van der Waals surface area contributed by atoms with E-state index >= 15 is 0 Å². The Kier molecular flexibility index (Phi) is 5.93. The maximum Gasteiger partial charge on any atom is 0.248 e. The molecule has 2 amide bonds. The fraction of sp³-hybridized carbons (Fsp3) is 0.333. The van der Waals surface area contributed by atoms with E-state index in [9.17, 15) is 9.59 Å². The number of hydrogen-bond acceptors (Lipinski definition) is 3. The van der Waals surface area contributed by atoms with Gasteiger partial charge in [0.25, 0.3) is 0 Å². The summed E-state index contributed by atoms with van der Waals surface area (Å²) in [5, 5.41) is 11.8. The van der Waals surface area contributed by atoms with Crippen molar-refractivity contribution in [2.45, 2.75) is 19.9 Å². The summed E-state index contributed by atoms with van der Waals surface area (Å²) >= 11 is 0. The van der Waals surface area contributed by atoms with Gasteiger partial charge in [0.15, 0.2) is 0 Å². The van der Waals surface area contributed by atoms with E-state index in [1.807, 2.05) is 13.8 Å². The number of carbonyl (C=O) groups excluding carboxylic acids is 2. The minimum atomic E-state index is -0.485. The first-order valence-corrected chi connectivity index (χ1v) is 6.43. The molecule has 0 spiro atoms. The number of benzene rings is 1.